The minimum atomic E-state index is -0.473. The highest BCUT2D eigenvalue weighted by atomic mass is 35.5. The van der Waals surface area contributed by atoms with Gasteiger partial charge in [-0.25, -0.2) is 4.84 Å². The summed E-state index contributed by atoms with van der Waals surface area (Å²) in [5, 5.41) is 11.2. The quantitative estimate of drug-likeness (QED) is 0.767. The number of amides is 1. The topological polar surface area (TPSA) is 64.9 Å². The molecule has 16 heavy (non-hydrogen) atoms. The van der Waals surface area contributed by atoms with Crippen LogP contribution in [0.4, 0.5) is 0 Å². The Hall–Kier alpha value is -1.57. The Kier molecular flexibility index (Phi) is 4.77. The summed E-state index contributed by atoms with van der Waals surface area (Å²) in [6, 6.07) is 8.60. The van der Waals surface area contributed by atoms with E-state index in [4.69, 9.17) is 17.0 Å². The van der Waals surface area contributed by atoms with E-state index in [9.17, 15) is 4.79 Å². The first kappa shape index (κ1) is 12.5. The molecule has 0 spiro atoms. The van der Waals surface area contributed by atoms with E-state index in [-0.39, 0.29) is 5.91 Å². The Morgan fingerprint density at radius 2 is 2.12 bits per heavy atom. The van der Waals surface area contributed by atoms with Crippen LogP contribution in [0.5, 0.6) is 0 Å². The lowest BCUT2D eigenvalue weighted by molar-refractivity contribution is -0.122. The molecule has 1 aromatic carbocycles. The van der Waals surface area contributed by atoms with E-state index in [1.807, 2.05) is 18.2 Å². The van der Waals surface area contributed by atoms with E-state index in [2.05, 4.69) is 10.2 Å². The Balaban J connectivity index is 2.71. The summed E-state index contributed by atoms with van der Waals surface area (Å²) in [6.45, 7) is 0. The van der Waals surface area contributed by atoms with Gasteiger partial charge < -0.3 is 5.32 Å². The summed E-state index contributed by atoms with van der Waals surface area (Å²) in [4.78, 5) is 13.8. The van der Waals surface area contributed by atoms with Gasteiger partial charge in [0.15, 0.2) is 0 Å². The molecule has 0 aliphatic rings. The molecule has 0 heterocycles. The second-order valence-electron chi connectivity index (χ2n) is 3.29. The van der Waals surface area contributed by atoms with E-state index >= 15 is 0 Å². The van der Waals surface area contributed by atoms with Crippen LogP contribution in [-0.4, -0.2) is 19.0 Å². The lowest BCUT2D eigenvalue weighted by atomic mass is 10.0. The highest BCUT2D eigenvalue weighted by Gasteiger charge is 2.15. The second kappa shape index (κ2) is 6.11. The van der Waals surface area contributed by atoms with Crippen molar-refractivity contribution in [3.05, 3.63) is 35.4 Å². The molecule has 4 nitrogen and oxygen atoms in total. The molecule has 0 fully saturated rings. The molecule has 0 aliphatic heterocycles. The molecule has 0 saturated heterocycles. The lowest BCUT2D eigenvalue weighted by Gasteiger charge is -2.12. The highest BCUT2D eigenvalue weighted by Crippen LogP contribution is 2.06. The van der Waals surface area contributed by atoms with E-state index in [1.165, 1.54) is 0 Å². The number of likely N-dealkylation sites (N-methyl/N-ethyl adjacent to an activating group) is 1. The van der Waals surface area contributed by atoms with Gasteiger partial charge in [-0.2, -0.15) is 5.26 Å². The number of carbonyl (C=O) groups is 1. The fourth-order valence-electron chi connectivity index (χ4n) is 1.31. The van der Waals surface area contributed by atoms with Gasteiger partial charge in [0, 0.05) is 7.05 Å². The number of hydrogen-bond donors (Lipinski definition) is 2. The minimum Gasteiger partial charge on any atom is -0.358 e. The van der Waals surface area contributed by atoms with Crippen molar-refractivity contribution in [1.82, 2.24) is 10.2 Å². The molecular formula is C11H12ClN3O. The fourth-order valence-corrected chi connectivity index (χ4v) is 1.48. The summed E-state index contributed by atoms with van der Waals surface area (Å²) < 4.78 is 0. The van der Waals surface area contributed by atoms with Crippen molar-refractivity contribution in [2.24, 2.45) is 0 Å². The zero-order valence-corrected chi connectivity index (χ0v) is 9.58. The first-order chi connectivity index (χ1) is 7.71. The number of rotatable bonds is 4. The summed E-state index contributed by atoms with van der Waals surface area (Å²) in [5.41, 5.74) is 1.54. The SMILES string of the molecule is CNC(=O)[C@H](Cc1ccc(C#N)cc1)NCl. The molecule has 0 aromatic heterocycles. The minimum absolute atomic E-state index is 0.167. The number of nitrogens with one attached hydrogen (secondary N) is 2. The maximum Gasteiger partial charge on any atom is 0.238 e. The van der Waals surface area contributed by atoms with Crippen molar-refractivity contribution >= 4 is 17.7 Å². The molecule has 2 N–H and O–H groups in total. The molecule has 1 rings (SSSR count). The predicted octanol–water partition coefficient (Wildman–Crippen LogP) is 0.959. The molecule has 0 bridgehead atoms. The largest absolute Gasteiger partial charge is 0.358 e. The maximum atomic E-state index is 11.4. The van der Waals surface area contributed by atoms with Crippen LogP contribution >= 0.6 is 11.8 Å². The fraction of sp³-hybridized carbons (Fsp3) is 0.273. The second-order valence-corrected chi connectivity index (χ2v) is 3.51. The molecule has 1 amide bonds. The third-order valence-electron chi connectivity index (χ3n) is 2.22. The van der Waals surface area contributed by atoms with Crippen LogP contribution in [0.1, 0.15) is 11.1 Å². The third kappa shape index (κ3) is 3.23. The number of nitriles is 1. The van der Waals surface area contributed by atoms with Gasteiger partial charge in [-0.15, -0.1) is 0 Å². The summed E-state index contributed by atoms with van der Waals surface area (Å²) in [6.07, 6.45) is 0.481. The normalized spacial score (nSPS) is 11.6. The van der Waals surface area contributed by atoms with Crippen molar-refractivity contribution in [2.75, 3.05) is 7.05 Å². The average molecular weight is 238 g/mol. The van der Waals surface area contributed by atoms with Gasteiger partial charge in [-0.05, 0) is 35.9 Å². The van der Waals surface area contributed by atoms with Gasteiger partial charge in [0.05, 0.1) is 11.6 Å². The molecule has 0 aliphatic carbocycles. The lowest BCUT2D eigenvalue weighted by Crippen LogP contribution is -2.40. The zero-order chi connectivity index (χ0) is 12.0. The maximum absolute atomic E-state index is 11.4. The molecule has 0 unspecified atom stereocenters. The van der Waals surface area contributed by atoms with Crippen molar-refractivity contribution in [2.45, 2.75) is 12.5 Å². The van der Waals surface area contributed by atoms with Crippen LogP contribution in [0.15, 0.2) is 24.3 Å². The molecule has 0 radical (unpaired) electrons. The van der Waals surface area contributed by atoms with Crippen LogP contribution < -0.4 is 10.2 Å². The van der Waals surface area contributed by atoms with Gasteiger partial charge >= 0.3 is 0 Å². The van der Waals surface area contributed by atoms with Crippen molar-refractivity contribution in [3.8, 4) is 6.07 Å². The van der Waals surface area contributed by atoms with Crippen LogP contribution in [-0.2, 0) is 11.2 Å². The molecule has 0 saturated carbocycles. The van der Waals surface area contributed by atoms with Crippen LogP contribution in [0.2, 0.25) is 0 Å². The Morgan fingerprint density at radius 3 is 2.56 bits per heavy atom. The van der Waals surface area contributed by atoms with Crippen molar-refractivity contribution < 1.29 is 4.79 Å². The molecule has 1 atom stereocenters. The van der Waals surface area contributed by atoms with Gasteiger partial charge in [-0.1, -0.05) is 12.1 Å². The van der Waals surface area contributed by atoms with Gasteiger partial charge in [0.1, 0.15) is 6.04 Å². The van der Waals surface area contributed by atoms with Crippen LogP contribution in [0, 0.1) is 11.3 Å². The summed E-state index contributed by atoms with van der Waals surface area (Å²) >= 11 is 5.49. The number of carbonyl (C=O) groups excluding carboxylic acids is 1. The Morgan fingerprint density at radius 1 is 1.50 bits per heavy atom. The van der Waals surface area contributed by atoms with Gasteiger partial charge in [-0.3, -0.25) is 4.79 Å². The van der Waals surface area contributed by atoms with Crippen molar-refractivity contribution in [3.63, 3.8) is 0 Å². The number of halogens is 1. The Labute approximate surface area is 99.3 Å². The number of nitrogens with zero attached hydrogens (tertiary/aromatic N) is 1. The predicted molar refractivity (Wildman–Crippen MR) is 61.7 cm³/mol. The van der Waals surface area contributed by atoms with E-state index in [0.29, 0.717) is 12.0 Å². The number of hydrogen-bond acceptors (Lipinski definition) is 3. The monoisotopic (exact) mass is 237 g/mol. The molecule has 84 valence electrons. The van der Waals surface area contributed by atoms with Gasteiger partial charge in [0.2, 0.25) is 5.91 Å². The van der Waals surface area contributed by atoms with Crippen LogP contribution in [0.3, 0.4) is 0 Å². The van der Waals surface area contributed by atoms with Gasteiger partial charge in [0.25, 0.3) is 0 Å². The first-order valence-corrected chi connectivity index (χ1v) is 5.16. The first-order valence-electron chi connectivity index (χ1n) is 4.78. The highest BCUT2D eigenvalue weighted by molar-refractivity contribution is 6.15. The molecule has 5 heteroatoms. The molecular weight excluding hydrogens is 226 g/mol. The van der Waals surface area contributed by atoms with Crippen LogP contribution in [0.25, 0.3) is 0 Å². The summed E-state index contributed by atoms with van der Waals surface area (Å²) in [7, 11) is 1.56. The zero-order valence-electron chi connectivity index (χ0n) is 8.83. The Bertz CT molecular complexity index is 397. The summed E-state index contributed by atoms with van der Waals surface area (Å²) in [5.74, 6) is -0.167. The third-order valence-corrected chi connectivity index (χ3v) is 2.48. The van der Waals surface area contributed by atoms with E-state index in [1.54, 1.807) is 19.2 Å². The van der Waals surface area contributed by atoms with E-state index < -0.39 is 6.04 Å². The average Bonchev–Trinajstić information content (AvgIpc) is 2.35. The van der Waals surface area contributed by atoms with E-state index in [0.717, 1.165) is 5.56 Å². The standard InChI is InChI=1S/C11H12ClN3O/c1-14-11(16)10(15-12)6-8-2-4-9(7-13)5-3-8/h2-5,10,15H,6H2,1H3,(H,14,16)/t10-/m0/s1. The van der Waals surface area contributed by atoms with Crippen molar-refractivity contribution in [1.29, 1.82) is 5.26 Å². The molecule has 1 aromatic rings. The number of benzene rings is 1. The smallest absolute Gasteiger partial charge is 0.238 e.